The number of phosphoric acid groups is 1. The summed E-state index contributed by atoms with van der Waals surface area (Å²) in [4.78, 5) is 21.2. The zero-order valence-corrected chi connectivity index (χ0v) is 26.9. The van der Waals surface area contributed by atoms with Gasteiger partial charge in [-0.15, -0.1) is 0 Å². The fraction of sp³-hybridized carbons (Fsp3) is 0.781. The van der Waals surface area contributed by atoms with Gasteiger partial charge in [-0.1, -0.05) is 108 Å². The van der Waals surface area contributed by atoms with Crippen LogP contribution in [0.5, 0.6) is 0 Å². The van der Waals surface area contributed by atoms with E-state index < -0.39 is 19.9 Å². The number of esters is 1. The summed E-state index contributed by atoms with van der Waals surface area (Å²) in [5.74, 6) is -0.424. The minimum atomic E-state index is -4.23. The molecule has 3 N–H and O–H groups in total. The van der Waals surface area contributed by atoms with Crippen molar-refractivity contribution in [1.82, 2.24) is 0 Å². The van der Waals surface area contributed by atoms with Crippen molar-refractivity contribution >= 4 is 13.8 Å². The molecule has 240 valence electrons. The zero-order chi connectivity index (χ0) is 30.3. The molecule has 8 nitrogen and oxygen atoms in total. The molecule has 0 amide bonds. The van der Waals surface area contributed by atoms with E-state index in [0.29, 0.717) is 6.61 Å². The number of ether oxygens (including phenoxy) is 2. The fourth-order valence-electron chi connectivity index (χ4n) is 3.98. The maximum absolute atomic E-state index is 11.8. The second kappa shape index (κ2) is 30.2. The van der Waals surface area contributed by atoms with Crippen molar-refractivity contribution in [2.24, 2.45) is 5.73 Å². The highest BCUT2D eigenvalue weighted by Crippen LogP contribution is 2.43. The number of allylic oxidation sites excluding steroid dienone is 6. The molecule has 0 aliphatic rings. The van der Waals surface area contributed by atoms with Crippen LogP contribution in [0.4, 0.5) is 0 Å². The van der Waals surface area contributed by atoms with Gasteiger partial charge in [0.1, 0.15) is 6.10 Å². The molecule has 2 unspecified atom stereocenters. The molecule has 0 bridgehead atoms. The van der Waals surface area contributed by atoms with Gasteiger partial charge in [0.15, 0.2) is 0 Å². The summed E-state index contributed by atoms with van der Waals surface area (Å²) in [6, 6.07) is 0. The van der Waals surface area contributed by atoms with Gasteiger partial charge in [-0.2, -0.15) is 0 Å². The second-order valence-corrected chi connectivity index (χ2v) is 11.7. The summed E-state index contributed by atoms with van der Waals surface area (Å²) >= 11 is 0. The minimum Gasteiger partial charge on any atom is -0.457 e. The summed E-state index contributed by atoms with van der Waals surface area (Å²) in [6.45, 7) is 4.28. The lowest BCUT2D eigenvalue weighted by Gasteiger charge is -2.19. The third kappa shape index (κ3) is 30.0. The molecule has 0 aromatic rings. The summed E-state index contributed by atoms with van der Waals surface area (Å²) in [5.41, 5.74) is 5.26. The van der Waals surface area contributed by atoms with Crippen LogP contribution >= 0.6 is 7.82 Å². The number of nitrogens with two attached hydrogens (primary N) is 1. The van der Waals surface area contributed by atoms with Crippen LogP contribution in [0, 0.1) is 0 Å². The fourth-order valence-corrected chi connectivity index (χ4v) is 4.74. The molecule has 0 aromatic carbocycles. The molecule has 9 heteroatoms. The Morgan fingerprint density at radius 2 is 1.27 bits per heavy atom. The average molecular weight is 602 g/mol. The van der Waals surface area contributed by atoms with E-state index in [1.165, 1.54) is 70.6 Å². The predicted molar refractivity (Wildman–Crippen MR) is 169 cm³/mol. The van der Waals surface area contributed by atoms with Crippen LogP contribution in [-0.4, -0.2) is 49.9 Å². The van der Waals surface area contributed by atoms with Gasteiger partial charge in [-0.25, -0.2) is 4.57 Å². The van der Waals surface area contributed by atoms with E-state index in [4.69, 9.17) is 24.3 Å². The second-order valence-electron chi connectivity index (χ2n) is 10.3. The molecule has 0 fully saturated rings. The highest BCUT2D eigenvalue weighted by atomic mass is 31.2. The number of carbonyl (C=O) groups excluding carboxylic acids is 1. The van der Waals surface area contributed by atoms with Crippen molar-refractivity contribution in [3.63, 3.8) is 0 Å². The highest BCUT2D eigenvalue weighted by molar-refractivity contribution is 7.47. The van der Waals surface area contributed by atoms with Gasteiger partial charge in [0.2, 0.25) is 0 Å². The van der Waals surface area contributed by atoms with Crippen molar-refractivity contribution in [2.75, 3.05) is 33.0 Å². The first-order valence-electron chi connectivity index (χ1n) is 16.0. The van der Waals surface area contributed by atoms with Crippen LogP contribution in [0.3, 0.4) is 0 Å². The molecule has 2 atom stereocenters. The maximum Gasteiger partial charge on any atom is 0.472 e. The molecule has 0 saturated heterocycles. The first-order chi connectivity index (χ1) is 19.9. The van der Waals surface area contributed by atoms with E-state index in [1.54, 1.807) is 6.92 Å². The van der Waals surface area contributed by atoms with Crippen molar-refractivity contribution < 1.29 is 32.8 Å². The summed E-state index contributed by atoms with van der Waals surface area (Å²) in [6.07, 6.45) is 32.4. The molecule has 0 aliphatic heterocycles. The molecule has 0 heterocycles. The lowest BCUT2D eigenvalue weighted by Crippen LogP contribution is -2.28. The first-order valence-corrected chi connectivity index (χ1v) is 17.5. The van der Waals surface area contributed by atoms with Crippen molar-refractivity contribution in [3.8, 4) is 0 Å². The van der Waals surface area contributed by atoms with E-state index >= 15 is 0 Å². The monoisotopic (exact) mass is 601 g/mol. The topological polar surface area (TPSA) is 117 Å². The maximum atomic E-state index is 11.8. The van der Waals surface area contributed by atoms with Gasteiger partial charge in [0.05, 0.1) is 19.8 Å². The Hall–Kier alpha value is -1.28. The molecule has 0 spiro atoms. The molecule has 0 aromatic heterocycles. The molecular weight excluding hydrogens is 541 g/mol. The third-order valence-corrected chi connectivity index (χ3v) is 7.35. The van der Waals surface area contributed by atoms with Crippen LogP contribution in [-0.2, 0) is 27.9 Å². The number of phosphoric ester groups is 1. The molecule has 0 radical (unpaired) electrons. The van der Waals surface area contributed by atoms with Crippen LogP contribution in [0.2, 0.25) is 0 Å². The van der Waals surface area contributed by atoms with Gasteiger partial charge in [-0.05, 0) is 44.9 Å². The van der Waals surface area contributed by atoms with E-state index in [-0.39, 0.29) is 32.8 Å². The van der Waals surface area contributed by atoms with Gasteiger partial charge >= 0.3 is 13.8 Å². The van der Waals surface area contributed by atoms with Crippen LogP contribution in [0.25, 0.3) is 0 Å². The largest absolute Gasteiger partial charge is 0.472 e. The third-order valence-electron chi connectivity index (χ3n) is 6.36. The normalized spacial score (nSPS) is 14.3. The summed E-state index contributed by atoms with van der Waals surface area (Å²) in [5, 5.41) is 0. The molecule has 0 saturated carbocycles. The Kier molecular flexibility index (Phi) is 29.2. The molecular formula is C32H60NO7P. The van der Waals surface area contributed by atoms with Gasteiger partial charge < -0.3 is 20.1 Å². The Morgan fingerprint density at radius 1 is 0.732 bits per heavy atom. The van der Waals surface area contributed by atoms with E-state index in [9.17, 15) is 14.3 Å². The predicted octanol–water partition coefficient (Wildman–Crippen LogP) is 8.35. The minimum absolute atomic E-state index is 0.0958. The lowest BCUT2D eigenvalue weighted by atomic mass is 10.1. The highest BCUT2D eigenvalue weighted by Gasteiger charge is 2.24. The van der Waals surface area contributed by atoms with Gasteiger partial charge in [-0.3, -0.25) is 13.8 Å². The summed E-state index contributed by atoms with van der Waals surface area (Å²) in [7, 11) is -4.23. The Bertz CT molecular complexity index is 727. The van der Waals surface area contributed by atoms with Crippen molar-refractivity contribution in [3.05, 3.63) is 36.5 Å². The quantitative estimate of drug-likeness (QED) is 0.0365. The van der Waals surface area contributed by atoms with Gasteiger partial charge in [0.25, 0.3) is 0 Å². The molecule has 0 rings (SSSR count). The Balaban J connectivity index is 3.68. The van der Waals surface area contributed by atoms with Crippen molar-refractivity contribution in [1.29, 1.82) is 0 Å². The smallest absolute Gasteiger partial charge is 0.457 e. The first kappa shape index (κ1) is 39.7. The lowest BCUT2D eigenvalue weighted by molar-refractivity contribution is -0.154. The van der Waals surface area contributed by atoms with Crippen LogP contribution < -0.4 is 5.73 Å². The number of hydrogen-bond acceptors (Lipinski definition) is 7. The standard InChI is InChI=1S/C32H60NO7P/c1-3-5-6-7-8-9-10-11-12-13-14-15-16-17-18-19-20-21-22-23-24-25-27-37-29-31(40-32(34)4-2)30-39-41(35,36)38-28-26-33/h10-11,13-14,16-17,31H,3-9,12,15,18-30,33H2,1-2H3,(H,35,36)/b11-10-,14-13-,17-16-. The molecule has 0 aliphatic carbocycles. The molecule has 41 heavy (non-hydrogen) atoms. The number of hydrogen-bond donors (Lipinski definition) is 2. The SMILES string of the molecule is CCCCCCC/C=C\C/C=C\C/C=C\CCCCCCCCCOCC(COP(=O)(O)OCCN)OC(=O)CC. The van der Waals surface area contributed by atoms with Crippen LogP contribution in [0.1, 0.15) is 123 Å². The van der Waals surface area contributed by atoms with Gasteiger partial charge in [0, 0.05) is 19.6 Å². The number of unbranched alkanes of at least 4 members (excludes halogenated alkanes) is 12. The van der Waals surface area contributed by atoms with E-state index in [0.717, 1.165) is 32.1 Å². The number of rotatable bonds is 30. The Labute approximate surface area is 250 Å². The average Bonchev–Trinajstić information content (AvgIpc) is 2.96. The van der Waals surface area contributed by atoms with Crippen LogP contribution in [0.15, 0.2) is 36.5 Å². The summed E-state index contributed by atoms with van der Waals surface area (Å²) < 4.78 is 32.3. The number of carbonyl (C=O) groups is 1. The van der Waals surface area contributed by atoms with E-state index in [1.807, 2.05) is 0 Å². The zero-order valence-electron chi connectivity index (χ0n) is 26.0. The van der Waals surface area contributed by atoms with Crippen molar-refractivity contribution in [2.45, 2.75) is 129 Å². The Morgan fingerprint density at radius 3 is 1.83 bits per heavy atom. The van der Waals surface area contributed by atoms with E-state index in [2.05, 4.69) is 43.4 Å².